The Hall–Kier alpha value is -1.55. The molecule has 1 heterocycles. The molecule has 4 nitrogen and oxygen atoms in total. The first kappa shape index (κ1) is 14.9. The van der Waals surface area contributed by atoms with E-state index in [0.29, 0.717) is 19.6 Å². The van der Waals surface area contributed by atoms with Crippen molar-refractivity contribution in [3.63, 3.8) is 0 Å². The van der Waals surface area contributed by atoms with E-state index in [4.69, 9.17) is 4.74 Å². The summed E-state index contributed by atoms with van der Waals surface area (Å²) in [7, 11) is 0. The van der Waals surface area contributed by atoms with E-state index in [1.165, 1.54) is 0 Å². The fraction of sp³-hybridized carbons (Fsp3) is 0.562. The second-order valence-corrected chi connectivity index (χ2v) is 5.39. The number of carbonyl (C=O) groups excluding carboxylic acids is 1. The van der Waals surface area contributed by atoms with Crippen molar-refractivity contribution in [3.8, 4) is 5.75 Å². The number of aliphatic hydroxyl groups is 1. The molecule has 0 spiro atoms. The molecule has 1 amide bonds. The first-order valence-corrected chi connectivity index (χ1v) is 7.30. The molecule has 1 aliphatic heterocycles. The Morgan fingerprint density at radius 2 is 2.20 bits per heavy atom. The SMILES string of the molecule is CC(O)C1CCN(C(=O)CCCOc2ccccc2)C1. The number of likely N-dealkylation sites (tertiary alicyclic amines) is 1. The Balaban J connectivity index is 1.64. The number of rotatable bonds is 6. The zero-order valence-electron chi connectivity index (χ0n) is 12.0. The molecule has 20 heavy (non-hydrogen) atoms. The van der Waals surface area contributed by atoms with Crippen LogP contribution in [-0.2, 0) is 4.79 Å². The molecule has 0 aromatic heterocycles. The maximum Gasteiger partial charge on any atom is 0.222 e. The molecule has 1 saturated heterocycles. The van der Waals surface area contributed by atoms with Crippen molar-refractivity contribution in [2.75, 3.05) is 19.7 Å². The minimum atomic E-state index is -0.325. The first-order chi connectivity index (χ1) is 9.66. The molecule has 4 heteroatoms. The largest absolute Gasteiger partial charge is 0.494 e. The number of aliphatic hydroxyl groups excluding tert-OH is 1. The molecule has 1 N–H and O–H groups in total. The summed E-state index contributed by atoms with van der Waals surface area (Å²) in [6, 6.07) is 9.63. The summed E-state index contributed by atoms with van der Waals surface area (Å²) in [5, 5.41) is 9.53. The standard InChI is InChI=1S/C16H23NO3/c1-13(18)14-9-10-17(12-14)16(19)8-5-11-20-15-6-3-2-4-7-15/h2-4,6-7,13-14,18H,5,8-12H2,1H3. The van der Waals surface area contributed by atoms with Crippen LogP contribution in [0.5, 0.6) is 5.75 Å². The fourth-order valence-electron chi connectivity index (χ4n) is 2.50. The zero-order valence-corrected chi connectivity index (χ0v) is 12.0. The number of hydrogen-bond acceptors (Lipinski definition) is 3. The molecule has 2 rings (SSSR count). The van der Waals surface area contributed by atoms with Crippen molar-refractivity contribution in [1.29, 1.82) is 0 Å². The summed E-state index contributed by atoms with van der Waals surface area (Å²) >= 11 is 0. The van der Waals surface area contributed by atoms with E-state index >= 15 is 0 Å². The van der Waals surface area contributed by atoms with Gasteiger partial charge in [-0.05, 0) is 31.9 Å². The van der Waals surface area contributed by atoms with E-state index in [9.17, 15) is 9.90 Å². The lowest BCUT2D eigenvalue weighted by Crippen LogP contribution is -2.30. The Morgan fingerprint density at radius 3 is 2.85 bits per heavy atom. The molecular formula is C16H23NO3. The second kappa shape index (κ2) is 7.29. The number of amides is 1. The average molecular weight is 277 g/mol. The summed E-state index contributed by atoms with van der Waals surface area (Å²) in [4.78, 5) is 13.9. The predicted octanol–water partition coefficient (Wildman–Crippen LogP) is 2.07. The molecular weight excluding hydrogens is 254 g/mol. The van der Waals surface area contributed by atoms with Gasteiger partial charge in [0.15, 0.2) is 0 Å². The highest BCUT2D eigenvalue weighted by molar-refractivity contribution is 5.76. The van der Waals surface area contributed by atoms with Crippen LogP contribution in [0.3, 0.4) is 0 Å². The molecule has 2 atom stereocenters. The van der Waals surface area contributed by atoms with Crippen LogP contribution in [0.2, 0.25) is 0 Å². The van der Waals surface area contributed by atoms with Crippen LogP contribution in [-0.4, -0.2) is 41.7 Å². The molecule has 0 bridgehead atoms. The Kier molecular flexibility index (Phi) is 5.41. The van der Waals surface area contributed by atoms with Crippen molar-refractivity contribution < 1.29 is 14.6 Å². The van der Waals surface area contributed by atoms with Crippen LogP contribution >= 0.6 is 0 Å². The first-order valence-electron chi connectivity index (χ1n) is 7.30. The van der Waals surface area contributed by atoms with Crippen molar-refractivity contribution in [1.82, 2.24) is 4.90 Å². The molecule has 0 aliphatic carbocycles. The molecule has 1 aromatic carbocycles. The highest BCUT2D eigenvalue weighted by atomic mass is 16.5. The summed E-state index contributed by atoms with van der Waals surface area (Å²) < 4.78 is 5.57. The lowest BCUT2D eigenvalue weighted by Gasteiger charge is -2.17. The maximum atomic E-state index is 12.0. The van der Waals surface area contributed by atoms with E-state index in [1.54, 1.807) is 6.92 Å². The summed E-state index contributed by atoms with van der Waals surface area (Å²) in [6.07, 6.45) is 1.82. The van der Waals surface area contributed by atoms with Gasteiger partial charge in [-0.25, -0.2) is 0 Å². The summed E-state index contributed by atoms with van der Waals surface area (Å²) in [5.74, 6) is 1.25. The smallest absolute Gasteiger partial charge is 0.222 e. The number of benzene rings is 1. The van der Waals surface area contributed by atoms with E-state index in [-0.39, 0.29) is 17.9 Å². The zero-order chi connectivity index (χ0) is 14.4. The van der Waals surface area contributed by atoms with Gasteiger partial charge in [0.25, 0.3) is 0 Å². The minimum absolute atomic E-state index is 0.171. The van der Waals surface area contributed by atoms with Crippen molar-refractivity contribution in [2.24, 2.45) is 5.92 Å². The van der Waals surface area contributed by atoms with Gasteiger partial charge in [-0.15, -0.1) is 0 Å². The van der Waals surface area contributed by atoms with Crippen LogP contribution < -0.4 is 4.74 Å². The molecule has 2 unspecified atom stereocenters. The van der Waals surface area contributed by atoms with Gasteiger partial charge >= 0.3 is 0 Å². The predicted molar refractivity (Wildman–Crippen MR) is 77.5 cm³/mol. The number of nitrogens with zero attached hydrogens (tertiary/aromatic N) is 1. The van der Waals surface area contributed by atoms with Gasteiger partial charge in [0.05, 0.1) is 12.7 Å². The summed E-state index contributed by atoms with van der Waals surface area (Å²) in [5.41, 5.74) is 0. The molecule has 1 aliphatic rings. The van der Waals surface area contributed by atoms with Gasteiger partial charge in [-0.2, -0.15) is 0 Å². The van der Waals surface area contributed by atoms with E-state index in [0.717, 1.165) is 25.1 Å². The molecule has 0 saturated carbocycles. The highest BCUT2D eigenvalue weighted by Gasteiger charge is 2.28. The van der Waals surface area contributed by atoms with Crippen LogP contribution in [0.15, 0.2) is 30.3 Å². The summed E-state index contributed by atoms with van der Waals surface area (Å²) in [6.45, 7) is 3.82. The second-order valence-electron chi connectivity index (χ2n) is 5.39. The third-order valence-electron chi connectivity index (χ3n) is 3.81. The van der Waals surface area contributed by atoms with Gasteiger partial charge in [0.2, 0.25) is 5.91 Å². The monoisotopic (exact) mass is 277 g/mol. The van der Waals surface area contributed by atoms with Crippen molar-refractivity contribution in [3.05, 3.63) is 30.3 Å². The average Bonchev–Trinajstić information content (AvgIpc) is 2.94. The number of para-hydroxylation sites is 1. The van der Waals surface area contributed by atoms with Crippen LogP contribution in [0.1, 0.15) is 26.2 Å². The number of carbonyl (C=O) groups is 1. The number of ether oxygens (including phenoxy) is 1. The third-order valence-corrected chi connectivity index (χ3v) is 3.81. The molecule has 1 aromatic rings. The highest BCUT2D eigenvalue weighted by Crippen LogP contribution is 2.20. The van der Waals surface area contributed by atoms with Gasteiger partial charge in [0.1, 0.15) is 5.75 Å². The van der Waals surface area contributed by atoms with Crippen LogP contribution in [0.25, 0.3) is 0 Å². The van der Waals surface area contributed by atoms with Crippen LogP contribution in [0, 0.1) is 5.92 Å². The Labute approximate surface area is 120 Å². The van der Waals surface area contributed by atoms with Gasteiger partial charge in [-0.1, -0.05) is 18.2 Å². The van der Waals surface area contributed by atoms with Gasteiger partial charge < -0.3 is 14.7 Å². The third kappa shape index (κ3) is 4.23. The lowest BCUT2D eigenvalue weighted by molar-refractivity contribution is -0.130. The molecule has 0 radical (unpaired) electrons. The topological polar surface area (TPSA) is 49.8 Å². The minimum Gasteiger partial charge on any atom is -0.494 e. The molecule has 110 valence electrons. The van der Waals surface area contributed by atoms with Crippen LogP contribution in [0.4, 0.5) is 0 Å². The quantitative estimate of drug-likeness (QED) is 0.810. The molecule has 1 fully saturated rings. The number of hydrogen-bond donors (Lipinski definition) is 1. The Morgan fingerprint density at radius 1 is 1.45 bits per heavy atom. The Bertz CT molecular complexity index is 419. The van der Waals surface area contributed by atoms with Gasteiger partial charge in [-0.3, -0.25) is 4.79 Å². The normalized spacial score (nSPS) is 19.9. The van der Waals surface area contributed by atoms with Crippen molar-refractivity contribution in [2.45, 2.75) is 32.3 Å². The van der Waals surface area contributed by atoms with E-state index < -0.39 is 0 Å². The van der Waals surface area contributed by atoms with Crippen molar-refractivity contribution >= 4 is 5.91 Å². The van der Waals surface area contributed by atoms with Gasteiger partial charge in [0, 0.05) is 25.4 Å². The lowest BCUT2D eigenvalue weighted by atomic mass is 10.0. The fourth-order valence-corrected chi connectivity index (χ4v) is 2.50. The van der Waals surface area contributed by atoms with E-state index in [2.05, 4.69) is 0 Å². The van der Waals surface area contributed by atoms with E-state index in [1.807, 2.05) is 35.2 Å². The maximum absolute atomic E-state index is 12.0.